The average molecular weight is 417 g/mol. The number of ether oxygens (including phenoxy) is 1. The van der Waals surface area contributed by atoms with Gasteiger partial charge in [0, 0.05) is 34.5 Å². The summed E-state index contributed by atoms with van der Waals surface area (Å²) in [5, 5.41) is 12.8. The lowest BCUT2D eigenvalue weighted by Crippen LogP contribution is -2.07. The molecule has 2 aromatic heterocycles. The summed E-state index contributed by atoms with van der Waals surface area (Å²) in [4.78, 5) is 16.8. The first-order valence-corrected chi connectivity index (χ1v) is 10.3. The van der Waals surface area contributed by atoms with Crippen molar-refractivity contribution in [1.29, 1.82) is 0 Å². The maximum atomic E-state index is 12.4. The Morgan fingerprint density at radius 2 is 2.10 bits per heavy atom. The Hall–Kier alpha value is -3.71. The van der Waals surface area contributed by atoms with Gasteiger partial charge in [-0.1, -0.05) is 30.3 Å². The Balaban J connectivity index is 1.41. The molecule has 0 spiro atoms. The van der Waals surface area contributed by atoms with E-state index in [4.69, 9.17) is 4.74 Å². The SMILES string of the molecule is Cc1nc(COc2ccccc2/C=C/C(=O)Nc2cccc(-c3ccn[nH]3)c2)cs1. The van der Waals surface area contributed by atoms with E-state index in [-0.39, 0.29) is 5.91 Å². The molecule has 7 heteroatoms. The van der Waals surface area contributed by atoms with Crippen LogP contribution in [0.4, 0.5) is 5.69 Å². The van der Waals surface area contributed by atoms with Crippen molar-refractivity contribution in [2.24, 2.45) is 0 Å². The van der Waals surface area contributed by atoms with Crippen molar-refractivity contribution < 1.29 is 9.53 Å². The van der Waals surface area contributed by atoms with Crippen LogP contribution in [0.1, 0.15) is 16.3 Å². The number of H-pyrrole nitrogens is 1. The first-order valence-electron chi connectivity index (χ1n) is 9.39. The van der Waals surface area contributed by atoms with Crippen molar-refractivity contribution in [3.63, 3.8) is 0 Å². The predicted molar refractivity (Wildman–Crippen MR) is 119 cm³/mol. The van der Waals surface area contributed by atoms with Crippen molar-refractivity contribution >= 4 is 29.0 Å². The highest BCUT2D eigenvalue weighted by molar-refractivity contribution is 7.09. The third-order valence-corrected chi connectivity index (χ3v) is 5.14. The zero-order chi connectivity index (χ0) is 20.8. The second-order valence-corrected chi connectivity index (χ2v) is 7.62. The maximum absolute atomic E-state index is 12.4. The van der Waals surface area contributed by atoms with Gasteiger partial charge in [0.2, 0.25) is 5.91 Å². The number of anilines is 1. The highest BCUT2D eigenvalue weighted by Gasteiger charge is 2.05. The summed E-state index contributed by atoms with van der Waals surface area (Å²) in [7, 11) is 0. The summed E-state index contributed by atoms with van der Waals surface area (Å²) in [6, 6.07) is 17.1. The molecule has 4 aromatic rings. The Labute approximate surface area is 178 Å². The van der Waals surface area contributed by atoms with Gasteiger partial charge in [-0.05, 0) is 37.3 Å². The quantitative estimate of drug-likeness (QED) is 0.412. The van der Waals surface area contributed by atoms with Crippen LogP contribution in [0.25, 0.3) is 17.3 Å². The second kappa shape index (κ2) is 9.19. The molecule has 0 radical (unpaired) electrons. The van der Waals surface area contributed by atoms with Crippen LogP contribution in [0.15, 0.2) is 72.3 Å². The lowest BCUT2D eigenvalue weighted by atomic mass is 10.1. The summed E-state index contributed by atoms with van der Waals surface area (Å²) in [6.45, 7) is 2.36. The Morgan fingerprint density at radius 3 is 2.90 bits per heavy atom. The molecule has 0 atom stereocenters. The van der Waals surface area contributed by atoms with Gasteiger partial charge in [0.15, 0.2) is 0 Å². The summed E-state index contributed by atoms with van der Waals surface area (Å²) in [6.07, 6.45) is 4.94. The maximum Gasteiger partial charge on any atom is 0.248 e. The topological polar surface area (TPSA) is 79.9 Å². The second-order valence-electron chi connectivity index (χ2n) is 6.56. The minimum Gasteiger partial charge on any atom is -0.487 e. The third kappa shape index (κ3) is 5.01. The molecular weight excluding hydrogens is 396 g/mol. The predicted octanol–water partition coefficient (Wildman–Crippen LogP) is 5.07. The Bertz CT molecular complexity index is 1170. The molecule has 4 rings (SSSR count). The van der Waals surface area contributed by atoms with E-state index in [1.165, 1.54) is 6.08 Å². The van der Waals surface area contributed by atoms with Crippen molar-refractivity contribution in [3.05, 3.63) is 88.5 Å². The van der Waals surface area contributed by atoms with Crippen LogP contribution < -0.4 is 10.1 Å². The zero-order valence-electron chi connectivity index (χ0n) is 16.3. The highest BCUT2D eigenvalue weighted by atomic mass is 32.1. The van der Waals surface area contributed by atoms with E-state index in [0.29, 0.717) is 18.0 Å². The number of thiazole rings is 1. The van der Waals surface area contributed by atoms with E-state index in [1.807, 2.05) is 66.9 Å². The summed E-state index contributed by atoms with van der Waals surface area (Å²) < 4.78 is 5.90. The fourth-order valence-corrected chi connectivity index (χ4v) is 3.50. The van der Waals surface area contributed by atoms with Gasteiger partial charge >= 0.3 is 0 Å². The molecular formula is C23H20N4O2S. The number of para-hydroxylation sites is 1. The summed E-state index contributed by atoms with van der Waals surface area (Å²) in [5.74, 6) is 0.482. The van der Waals surface area contributed by atoms with E-state index in [0.717, 1.165) is 27.5 Å². The van der Waals surface area contributed by atoms with E-state index >= 15 is 0 Å². The smallest absolute Gasteiger partial charge is 0.248 e. The summed E-state index contributed by atoms with van der Waals surface area (Å²) in [5.41, 5.74) is 4.27. The molecule has 0 aliphatic rings. The molecule has 0 aliphatic heterocycles. The lowest BCUT2D eigenvalue weighted by Gasteiger charge is -2.08. The molecule has 0 saturated carbocycles. The number of aryl methyl sites for hydroxylation is 1. The number of hydrogen-bond acceptors (Lipinski definition) is 5. The zero-order valence-corrected chi connectivity index (χ0v) is 17.1. The van der Waals surface area contributed by atoms with E-state index in [1.54, 1.807) is 23.6 Å². The standard InChI is InChI=1S/C23H20N4O2S/c1-16-25-20(15-30-16)14-29-22-8-3-2-5-17(22)9-10-23(28)26-19-7-4-6-18(13-19)21-11-12-24-27-21/h2-13,15H,14H2,1H3,(H,24,27)(H,26,28)/b10-9+. The first kappa shape index (κ1) is 19.6. The monoisotopic (exact) mass is 416 g/mol. The number of aromatic amines is 1. The van der Waals surface area contributed by atoms with Gasteiger partial charge in [-0.3, -0.25) is 9.89 Å². The molecule has 30 heavy (non-hydrogen) atoms. The lowest BCUT2D eigenvalue weighted by molar-refractivity contribution is -0.111. The van der Waals surface area contributed by atoms with E-state index in [2.05, 4.69) is 20.5 Å². The van der Waals surface area contributed by atoms with Gasteiger partial charge in [-0.25, -0.2) is 4.98 Å². The van der Waals surface area contributed by atoms with Gasteiger partial charge < -0.3 is 10.1 Å². The van der Waals surface area contributed by atoms with Crippen molar-refractivity contribution in [1.82, 2.24) is 15.2 Å². The van der Waals surface area contributed by atoms with Crippen LogP contribution in [0.5, 0.6) is 5.75 Å². The number of carbonyl (C=O) groups is 1. The Kier molecular flexibility index (Phi) is 6.01. The molecule has 0 fully saturated rings. The van der Waals surface area contributed by atoms with Crippen molar-refractivity contribution in [2.45, 2.75) is 13.5 Å². The van der Waals surface area contributed by atoms with Crippen LogP contribution >= 0.6 is 11.3 Å². The number of nitrogens with zero attached hydrogens (tertiary/aromatic N) is 2. The number of aromatic nitrogens is 3. The minimum atomic E-state index is -0.221. The van der Waals surface area contributed by atoms with E-state index < -0.39 is 0 Å². The van der Waals surface area contributed by atoms with Gasteiger partial charge in [0.05, 0.1) is 16.4 Å². The van der Waals surface area contributed by atoms with Crippen LogP contribution in [0.3, 0.4) is 0 Å². The molecule has 2 heterocycles. The number of benzene rings is 2. The van der Waals surface area contributed by atoms with Crippen LogP contribution in [-0.2, 0) is 11.4 Å². The molecule has 1 amide bonds. The van der Waals surface area contributed by atoms with Crippen LogP contribution in [0, 0.1) is 6.92 Å². The molecule has 0 unspecified atom stereocenters. The average Bonchev–Trinajstić information content (AvgIpc) is 3.43. The number of amides is 1. The molecule has 150 valence electrons. The molecule has 0 aliphatic carbocycles. The Morgan fingerprint density at radius 1 is 1.20 bits per heavy atom. The minimum absolute atomic E-state index is 0.221. The molecule has 2 N–H and O–H groups in total. The normalized spacial score (nSPS) is 11.0. The van der Waals surface area contributed by atoms with Gasteiger partial charge in [0.1, 0.15) is 12.4 Å². The first-order chi connectivity index (χ1) is 14.7. The van der Waals surface area contributed by atoms with Gasteiger partial charge in [-0.15, -0.1) is 11.3 Å². The van der Waals surface area contributed by atoms with Crippen LogP contribution in [-0.4, -0.2) is 21.1 Å². The largest absolute Gasteiger partial charge is 0.487 e. The van der Waals surface area contributed by atoms with Crippen molar-refractivity contribution in [3.8, 4) is 17.0 Å². The molecule has 6 nitrogen and oxygen atoms in total. The molecule has 0 bridgehead atoms. The number of nitrogens with one attached hydrogen (secondary N) is 2. The van der Waals surface area contributed by atoms with E-state index in [9.17, 15) is 4.79 Å². The third-order valence-electron chi connectivity index (χ3n) is 4.32. The summed E-state index contributed by atoms with van der Waals surface area (Å²) >= 11 is 1.60. The van der Waals surface area contributed by atoms with Crippen molar-refractivity contribution in [2.75, 3.05) is 5.32 Å². The number of carbonyl (C=O) groups excluding carboxylic acids is 1. The number of hydrogen-bond donors (Lipinski definition) is 2. The molecule has 2 aromatic carbocycles. The van der Waals surface area contributed by atoms with Gasteiger partial charge in [-0.2, -0.15) is 5.10 Å². The van der Waals surface area contributed by atoms with Gasteiger partial charge in [0.25, 0.3) is 0 Å². The number of rotatable bonds is 7. The molecule has 0 saturated heterocycles. The van der Waals surface area contributed by atoms with Crippen LogP contribution in [0.2, 0.25) is 0 Å². The highest BCUT2D eigenvalue weighted by Crippen LogP contribution is 2.22. The fraction of sp³-hybridized carbons (Fsp3) is 0.0870. The fourth-order valence-electron chi connectivity index (χ4n) is 2.91.